The Morgan fingerprint density at radius 2 is 1.76 bits per heavy atom. The lowest BCUT2D eigenvalue weighted by atomic mass is 9.94. The van der Waals surface area contributed by atoms with Gasteiger partial charge in [-0.1, -0.05) is 43.5 Å². The normalized spacial score (nSPS) is 14.9. The molecule has 1 aromatic heterocycles. The second-order valence-electron chi connectivity index (χ2n) is 8.34. The van der Waals surface area contributed by atoms with Crippen LogP contribution >= 0.6 is 0 Å². The number of amides is 1. The van der Waals surface area contributed by atoms with Crippen molar-refractivity contribution in [2.75, 3.05) is 7.05 Å². The van der Waals surface area contributed by atoms with Gasteiger partial charge < -0.3 is 10.3 Å². The predicted octanol–water partition coefficient (Wildman–Crippen LogP) is 4.53. The van der Waals surface area contributed by atoms with E-state index in [4.69, 9.17) is 0 Å². The number of nitrogens with zero attached hydrogens (tertiary/aromatic N) is 1. The van der Waals surface area contributed by atoms with Crippen molar-refractivity contribution in [1.29, 1.82) is 0 Å². The SMILES string of the molecule is CC(=O)c1c(C)[nH]c(C(=O)NCc2ccccc2CN(C)C2CCCCC2)c1C. The van der Waals surface area contributed by atoms with Crippen LogP contribution in [0.15, 0.2) is 24.3 Å². The molecule has 1 aliphatic carbocycles. The number of carbonyl (C=O) groups excluding carboxylic acids is 2. The van der Waals surface area contributed by atoms with E-state index in [1.165, 1.54) is 44.6 Å². The molecular formula is C24H33N3O2. The zero-order valence-electron chi connectivity index (χ0n) is 18.1. The Labute approximate surface area is 173 Å². The topological polar surface area (TPSA) is 65.2 Å². The summed E-state index contributed by atoms with van der Waals surface area (Å²) < 4.78 is 0. The molecule has 1 saturated carbocycles. The van der Waals surface area contributed by atoms with E-state index < -0.39 is 0 Å². The molecule has 1 aliphatic rings. The minimum Gasteiger partial charge on any atom is -0.354 e. The quantitative estimate of drug-likeness (QED) is 0.677. The summed E-state index contributed by atoms with van der Waals surface area (Å²) in [6.07, 6.45) is 6.56. The van der Waals surface area contributed by atoms with Gasteiger partial charge in [0.15, 0.2) is 5.78 Å². The van der Waals surface area contributed by atoms with Crippen LogP contribution in [0.4, 0.5) is 0 Å². The number of nitrogens with one attached hydrogen (secondary N) is 2. The molecule has 3 rings (SSSR count). The van der Waals surface area contributed by atoms with Crippen molar-refractivity contribution in [2.45, 2.75) is 72.0 Å². The maximum atomic E-state index is 12.7. The monoisotopic (exact) mass is 395 g/mol. The zero-order valence-corrected chi connectivity index (χ0v) is 18.1. The smallest absolute Gasteiger partial charge is 0.268 e. The number of ketones is 1. The van der Waals surface area contributed by atoms with Crippen LogP contribution in [-0.2, 0) is 13.1 Å². The summed E-state index contributed by atoms with van der Waals surface area (Å²) in [5.41, 5.74) is 4.95. The van der Waals surface area contributed by atoms with Gasteiger partial charge in [-0.05, 0) is 57.4 Å². The van der Waals surface area contributed by atoms with Crippen LogP contribution < -0.4 is 5.32 Å². The molecule has 0 spiro atoms. The van der Waals surface area contributed by atoms with Gasteiger partial charge in [-0.2, -0.15) is 0 Å². The lowest BCUT2D eigenvalue weighted by Gasteiger charge is -2.31. The van der Waals surface area contributed by atoms with Gasteiger partial charge in [0.25, 0.3) is 5.91 Å². The lowest BCUT2D eigenvalue weighted by Crippen LogP contribution is -2.33. The molecule has 1 amide bonds. The van der Waals surface area contributed by atoms with E-state index >= 15 is 0 Å². The maximum absolute atomic E-state index is 12.7. The molecule has 0 bridgehead atoms. The average molecular weight is 396 g/mol. The fourth-order valence-corrected chi connectivity index (χ4v) is 4.57. The second kappa shape index (κ2) is 9.40. The summed E-state index contributed by atoms with van der Waals surface area (Å²) in [4.78, 5) is 30.1. The van der Waals surface area contributed by atoms with E-state index in [9.17, 15) is 9.59 Å². The van der Waals surface area contributed by atoms with Crippen molar-refractivity contribution in [2.24, 2.45) is 0 Å². The highest BCUT2D eigenvalue weighted by Gasteiger charge is 2.21. The van der Waals surface area contributed by atoms with Crippen LogP contribution in [0, 0.1) is 13.8 Å². The standard InChI is InChI=1S/C24H33N3O2/c1-16-22(18(3)28)17(2)26-23(16)24(29)25-14-19-10-8-9-11-20(19)15-27(4)21-12-6-5-7-13-21/h8-11,21,26H,5-7,12-15H2,1-4H3,(H,25,29). The largest absolute Gasteiger partial charge is 0.354 e. The molecule has 0 unspecified atom stereocenters. The maximum Gasteiger partial charge on any atom is 0.268 e. The van der Waals surface area contributed by atoms with Crippen LogP contribution in [0.1, 0.15) is 82.3 Å². The Balaban J connectivity index is 1.67. The molecule has 5 nitrogen and oxygen atoms in total. The van der Waals surface area contributed by atoms with Crippen molar-refractivity contribution in [3.05, 3.63) is 57.9 Å². The average Bonchev–Trinajstić information content (AvgIpc) is 3.02. The van der Waals surface area contributed by atoms with Gasteiger partial charge in [0.1, 0.15) is 5.69 Å². The van der Waals surface area contributed by atoms with E-state index in [-0.39, 0.29) is 11.7 Å². The number of rotatable bonds is 7. The van der Waals surface area contributed by atoms with Gasteiger partial charge in [0.05, 0.1) is 0 Å². The first kappa shape index (κ1) is 21.3. The molecule has 2 aromatic rings. The van der Waals surface area contributed by atoms with Crippen LogP contribution in [0.5, 0.6) is 0 Å². The summed E-state index contributed by atoms with van der Waals surface area (Å²) >= 11 is 0. The van der Waals surface area contributed by atoms with Crippen molar-refractivity contribution >= 4 is 11.7 Å². The van der Waals surface area contributed by atoms with Crippen molar-refractivity contribution in [1.82, 2.24) is 15.2 Å². The van der Waals surface area contributed by atoms with Gasteiger partial charge >= 0.3 is 0 Å². The van der Waals surface area contributed by atoms with E-state index in [0.29, 0.717) is 23.8 Å². The number of Topliss-reactive ketones (excluding diaryl/α,β-unsaturated/α-hetero) is 1. The summed E-state index contributed by atoms with van der Waals surface area (Å²) in [7, 11) is 2.21. The van der Waals surface area contributed by atoms with Crippen LogP contribution in [-0.4, -0.2) is 34.7 Å². The van der Waals surface area contributed by atoms with E-state index in [1.807, 2.05) is 19.9 Å². The summed E-state index contributed by atoms with van der Waals surface area (Å²) in [6.45, 7) is 6.55. The molecule has 5 heteroatoms. The Morgan fingerprint density at radius 1 is 1.10 bits per heavy atom. The molecule has 0 saturated heterocycles. The van der Waals surface area contributed by atoms with Crippen molar-refractivity contribution in [3.8, 4) is 0 Å². The number of benzene rings is 1. The fraction of sp³-hybridized carbons (Fsp3) is 0.500. The molecular weight excluding hydrogens is 362 g/mol. The van der Waals surface area contributed by atoms with Crippen LogP contribution in [0.3, 0.4) is 0 Å². The highest BCUT2D eigenvalue weighted by atomic mass is 16.2. The highest BCUT2D eigenvalue weighted by molar-refractivity contribution is 6.02. The van der Waals surface area contributed by atoms with E-state index in [0.717, 1.165) is 23.4 Å². The van der Waals surface area contributed by atoms with Gasteiger partial charge in [-0.25, -0.2) is 0 Å². The molecule has 2 N–H and O–H groups in total. The lowest BCUT2D eigenvalue weighted by molar-refractivity contribution is 0.0945. The first-order valence-corrected chi connectivity index (χ1v) is 10.6. The first-order chi connectivity index (χ1) is 13.9. The van der Waals surface area contributed by atoms with Crippen molar-refractivity contribution in [3.63, 3.8) is 0 Å². The first-order valence-electron chi connectivity index (χ1n) is 10.6. The highest BCUT2D eigenvalue weighted by Crippen LogP contribution is 2.24. The number of carbonyl (C=O) groups is 2. The van der Waals surface area contributed by atoms with Crippen LogP contribution in [0.2, 0.25) is 0 Å². The Morgan fingerprint density at radius 3 is 2.38 bits per heavy atom. The van der Waals surface area contributed by atoms with Crippen molar-refractivity contribution < 1.29 is 9.59 Å². The molecule has 1 heterocycles. The van der Waals surface area contributed by atoms with Crippen LogP contribution in [0.25, 0.3) is 0 Å². The molecule has 0 radical (unpaired) electrons. The summed E-state index contributed by atoms with van der Waals surface area (Å²) in [5, 5.41) is 3.03. The minimum absolute atomic E-state index is 0.0219. The molecule has 0 aliphatic heterocycles. The number of hydrogen-bond donors (Lipinski definition) is 2. The molecule has 156 valence electrons. The molecule has 29 heavy (non-hydrogen) atoms. The Bertz CT molecular complexity index is 878. The molecule has 1 fully saturated rings. The Hall–Kier alpha value is -2.40. The fourth-order valence-electron chi connectivity index (χ4n) is 4.57. The Kier molecular flexibility index (Phi) is 6.91. The number of aromatic amines is 1. The summed E-state index contributed by atoms with van der Waals surface area (Å²) in [6, 6.07) is 8.97. The third-order valence-corrected chi connectivity index (χ3v) is 6.19. The minimum atomic E-state index is -0.173. The number of H-pyrrole nitrogens is 1. The number of hydrogen-bond acceptors (Lipinski definition) is 3. The molecule has 1 aromatic carbocycles. The second-order valence-corrected chi connectivity index (χ2v) is 8.34. The van der Waals surface area contributed by atoms with Gasteiger partial charge in [-0.15, -0.1) is 0 Å². The third kappa shape index (κ3) is 4.96. The molecule has 0 atom stereocenters. The predicted molar refractivity (Wildman–Crippen MR) is 116 cm³/mol. The zero-order chi connectivity index (χ0) is 21.0. The number of aromatic nitrogens is 1. The van der Waals surface area contributed by atoms with Gasteiger partial charge in [-0.3, -0.25) is 14.5 Å². The third-order valence-electron chi connectivity index (χ3n) is 6.19. The van der Waals surface area contributed by atoms with Gasteiger partial charge in [0, 0.05) is 30.4 Å². The number of aryl methyl sites for hydroxylation is 1. The van der Waals surface area contributed by atoms with E-state index in [2.05, 4.69) is 40.4 Å². The summed E-state index contributed by atoms with van der Waals surface area (Å²) in [5.74, 6) is -0.195. The van der Waals surface area contributed by atoms with Gasteiger partial charge in [0.2, 0.25) is 0 Å². The van der Waals surface area contributed by atoms with E-state index in [1.54, 1.807) is 0 Å².